The second kappa shape index (κ2) is 17.0. The Labute approximate surface area is 167 Å². The molecule has 0 bridgehead atoms. The molecule has 6 nitrogen and oxygen atoms in total. The molecule has 0 atom stereocenters. The fraction of sp³-hybridized carbons (Fsp3) is 0.706. The SMILES string of the molecule is CCCC/C([O-])=C/NCCN(/C=C(\O)CCCC)CCC(=O)O.[Na+]. The molecule has 0 saturated heterocycles. The molecule has 0 radical (unpaired) electrons. The predicted octanol–water partition coefficient (Wildman–Crippen LogP) is -0.662. The summed E-state index contributed by atoms with van der Waals surface area (Å²) in [5.74, 6) is -0.531. The van der Waals surface area contributed by atoms with E-state index in [0.29, 0.717) is 32.5 Å². The summed E-state index contributed by atoms with van der Waals surface area (Å²) in [5, 5.41) is 33.1. The third kappa shape index (κ3) is 16.0. The quantitative estimate of drug-likeness (QED) is 0.219. The molecule has 0 aromatic rings. The molecule has 0 aromatic heterocycles. The number of unbranched alkanes of at least 4 members (excludes halogenated alkanes) is 2. The van der Waals surface area contributed by atoms with Crippen LogP contribution in [0, 0.1) is 0 Å². The molecule has 7 heteroatoms. The summed E-state index contributed by atoms with van der Waals surface area (Å²) >= 11 is 0. The van der Waals surface area contributed by atoms with Crippen molar-refractivity contribution in [1.82, 2.24) is 10.2 Å². The second-order valence-corrected chi connectivity index (χ2v) is 5.57. The molecule has 0 aromatic carbocycles. The number of aliphatic hydroxyl groups is 1. The van der Waals surface area contributed by atoms with Gasteiger partial charge in [0.05, 0.1) is 6.42 Å². The van der Waals surface area contributed by atoms with Crippen LogP contribution in [-0.4, -0.2) is 40.7 Å². The summed E-state index contributed by atoms with van der Waals surface area (Å²) < 4.78 is 0. The number of nitrogens with one attached hydrogen (secondary N) is 1. The van der Waals surface area contributed by atoms with Gasteiger partial charge < -0.3 is 25.5 Å². The molecular weight excluding hydrogens is 319 g/mol. The third-order valence-corrected chi connectivity index (χ3v) is 3.31. The minimum absolute atomic E-state index is 0. The van der Waals surface area contributed by atoms with E-state index in [9.17, 15) is 15.0 Å². The zero-order valence-electron chi connectivity index (χ0n) is 15.4. The maximum Gasteiger partial charge on any atom is 1.00 e. The number of aliphatic carboxylic acids is 1. The van der Waals surface area contributed by atoms with Gasteiger partial charge in [0.25, 0.3) is 0 Å². The number of carboxylic acids is 1. The van der Waals surface area contributed by atoms with E-state index in [1.165, 1.54) is 6.20 Å². The summed E-state index contributed by atoms with van der Waals surface area (Å²) in [7, 11) is 0. The van der Waals surface area contributed by atoms with Gasteiger partial charge in [0, 0.05) is 32.3 Å². The summed E-state index contributed by atoms with van der Waals surface area (Å²) in [4.78, 5) is 12.5. The van der Waals surface area contributed by atoms with Gasteiger partial charge >= 0.3 is 35.5 Å². The van der Waals surface area contributed by atoms with Crippen LogP contribution in [0.2, 0.25) is 0 Å². The zero-order valence-corrected chi connectivity index (χ0v) is 17.4. The average Bonchev–Trinajstić information content (AvgIpc) is 2.52. The van der Waals surface area contributed by atoms with Crippen LogP contribution in [-0.2, 0) is 4.79 Å². The van der Waals surface area contributed by atoms with Crippen LogP contribution in [0.15, 0.2) is 23.9 Å². The minimum Gasteiger partial charge on any atom is -0.874 e. The van der Waals surface area contributed by atoms with Gasteiger partial charge in [0.15, 0.2) is 0 Å². The normalized spacial score (nSPS) is 11.8. The van der Waals surface area contributed by atoms with E-state index in [0.717, 1.165) is 25.7 Å². The summed E-state index contributed by atoms with van der Waals surface area (Å²) in [6.07, 6.45) is 8.00. The van der Waals surface area contributed by atoms with Crippen LogP contribution in [0.1, 0.15) is 58.8 Å². The van der Waals surface area contributed by atoms with E-state index in [-0.39, 0.29) is 47.5 Å². The van der Waals surface area contributed by atoms with Crippen LogP contribution in [0.3, 0.4) is 0 Å². The van der Waals surface area contributed by atoms with Crippen molar-refractivity contribution >= 4 is 5.97 Å². The first kappa shape index (κ1) is 25.4. The third-order valence-electron chi connectivity index (χ3n) is 3.31. The summed E-state index contributed by atoms with van der Waals surface area (Å²) in [5.41, 5.74) is 0. The number of carbonyl (C=O) groups is 1. The molecule has 3 N–H and O–H groups in total. The van der Waals surface area contributed by atoms with Crippen LogP contribution >= 0.6 is 0 Å². The fourth-order valence-electron chi connectivity index (χ4n) is 1.93. The molecule has 0 amide bonds. The monoisotopic (exact) mass is 350 g/mol. The van der Waals surface area contributed by atoms with Gasteiger partial charge in [-0.2, -0.15) is 0 Å². The molecular formula is C17H31N2NaO4. The smallest absolute Gasteiger partial charge is 0.874 e. The topological polar surface area (TPSA) is 95.9 Å². The maximum absolute atomic E-state index is 11.5. The van der Waals surface area contributed by atoms with Crippen molar-refractivity contribution in [2.75, 3.05) is 19.6 Å². The van der Waals surface area contributed by atoms with Gasteiger partial charge in [-0.15, -0.1) is 5.76 Å². The average molecular weight is 350 g/mol. The van der Waals surface area contributed by atoms with Crippen molar-refractivity contribution in [2.45, 2.75) is 58.8 Å². The Balaban J connectivity index is 0. The first-order chi connectivity index (χ1) is 11.0. The molecule has 24 heavy (non-hydrogen) atoms. The molecule has 0 spiro atoms. The fourth-order valence-corrected chi connectivity index (χ4v) is 1.93. The zero-order chi connectivity index (χ0) is 17.5. The van der Waals surface area contributed by atoms with E-state index >= 15 is 0 Å². The van der Waals surface area contributed by atoms with Crippen molar-refractivity contribution in [3.8, 4) is 0 Å². The Morgan fingerprint density at radius 2 is 1.71 bits per heavy atom. The van der Waals surface area contributed by atoms with E-state index in [1.54, 1.807) is 11.1 Å². The minimum atomic E-state index is -0.870. The number of rotatable bonds is 14. The molecule has 134 valence electrons. The Morgan fingerprint density at radius 1 is 1.08 bits per heavy atom. The van der Waals surface area contributed by atoms with Crippen molar-refractivity contribution in [2.24, 2.45) is 0 Å². The predicted molar refractivity (Wildman–Crippen MR) is 89.7 cm³/mol. The first-order valence-corrected chi connectivity index (χ1v) is 8.44. The molecule has 0 aliphatic rings. The van der Waals surface area contributed by atoms with E-state index in [2.05, 4.69) is 5.32 Å². The van der Waals surface area contributed by atoms with Crippen molar-refractivity contribution in [1.29, 1.82) is 0 Å². The Bertz CT molecular complexity index is 387. The van der Waals surface area contributed by atoms with Crippen LogP contribution in [0.4, 0.5) is 0 Å². The molecule has 0 aliphatic heterocycles. The van der Waals surface area contributed by atoms with Crippen molar-refractivity contribution < 1.29 is 49.7 Å². The first-order valence-electron chi connectivity index (χ1n) is 8.44. The van der Waals surface area contributed by atoms with Crippen molar-refractivity contribution in [3.63, 3.8) is 0 Å². The standard InChI is InChI=1S/C17H32N2O4.Na/c1-3-5-7-15(20)13-18-10-12-19(11-9-17(22)23)14-16(21)8-6-4-2;/h13-14,18,20-21H,3-12H2,1-2H3,(H,22,23);/q;+1/p-1/b15-13-,16-14-;. The number of hydrogen-bond acceptors (Lipinski definition) is 5. The van der Waals surface area contributed by atoms with E-state index < -0.39 is 5.97 Å². The Morgan fingerprint density at radius 3 is 2.29 bits per heavy atom. The van der Waals surface area contributed by atoms with Crippen LogP contribution < -0.4 is 40.0 Å². The molecule has 0 fully saturated rings. The van der Waals surface area contributed by atoms with Gasteiger partial charge in [-0.25, -0.2) is 0 Å². The molecule has 0 aliphatic carbocycles. The van der Waals surface area contributed by atoms with Gasteiger partial charge in [-0.3, -0.25) is 4.79 Å². The number of nitrogens with zero attached hydrogens (tertiary/aromatic N) is 1. The van der Waals surface area contributed by atoms with E-state index in [4.69, 9.17) is 5.11 Å². The van der Waals surface area contributed by atoms with E-state index in [1.807, 2.05) is 13.8 Å². The largest absolute Gasteiger partial charge is 1.00 e. The number of allylic oxidation sites excluding steroid dienone is 2. The van der Waals surface area contributed by atoms with Crippen LogP contribution in [0.25, 0.3) is 0 Å². The molecule has 0 unspecified atom stereocenters. The Hall–Kier alpha value is -0.850. The summed E-state index contributed by atoms with van der Waals surface area (Å²) in [6, 6.07) is 0. The summed E-state index contributed by atoms with van der Waals surface area (Å²) in [6.45, 7) is 5.47. The molecule has 0 rings (SSSR count). The number of carboxylic acid groups (broad SMARTS) is 1. The van der Waals surface area contributed by atoms with Gasteiger partial charge in [-0.05, 0) is 19.0 Å². The Kier molecular flexibility index (Phi) is 18.0. The molecule has 0 heterocycles. The van der Waals surface area contributed by atoms with Gasteiger partial charge in [0.2, 0.25) is 0 Å². The van der Waals surface area contributed by atoms with Gasteiger partial charge in [0.1, 0.15) is 5.76 Å². The second-order valence-electron chi connectivity index (χ2n) is 5.57. The van der Waals surface area contributed by atoms with Crippen molar-refractivity contribution in [3.05, 3.63) is 23.9 Å². The van der Waals surface area contributed by atoms with Gasteiger partial charge in [-0.1, -0.05) is 33.1 Å². The number of aliphatic hydroxyl groups excluding tert-OH is 1. The maximum atomic E-state index is 11.5. The number of hydrogen-bond donors (Lipinski definition) is 3. The van der Waals surface area contributed by atoms with Crippen LogP contribution in [0.5, 0.6) is 0 Å². The molecule has 0 saturated carbocycles.